The van der Waals surface area contributed by atoms with Crippen LogP contribution in [-0.4, -0.2) is 18.5 Å². The number of nitrogens with one attached hydrogen (secondary N) is 2. The minimum atomic E-state index is -0.00831. The van der Waals surface area contributed by atoms with Gasteiger partial charge in [-0.1, -0.05) is 17.7 Å². The Morgan fingerprint density at radius 1 is 1.25 bits per heavy atom. The predicted molar refractivity (Wildman–Crippen MR) is 85.3 cm³/mol. The first-order valence-corrected chi connectivity index (χ1v) is 7.69. The van der Waals surface area contributed by atoms with Crippen molar-refractivity contribution in [2.75, 3.05) is 11.9 Å². The van der Waals surface area contributed by atoms with E-state index in [1.807, 2.05) is 31.2 Å². The summed E-state index contributed by atoms with van der Waals surface area (Å²) in [4.78, 5) is 11.8. The highest BCUT2D eigenvalue weighted by atomic mass is 32.1. The number of aryl methyl sites for hydroxylation is 1. The summed E-state index contributed by atoms with van der Waals surface area (Å²) in [5, 5.41) is 10.3. The Morgan fingerprint density at radius 3 is 2.65 bits per heavy atom. The van der Waals surface area contributed by atoms with E-state index in [1.54, 1.807) is 11.3 Å². The molecule has 3 nitrogen and oxygen atoms in total. The number of carbonyl (C=O) groups excluding carboxylic acids is 1. The number of thiophene rings is 1. The lowest BCUT2D eigenvalue weighted by Gasteiger charge is -2.13. The van der Waals surface area contributed by atoms with Gasteiger partial charge in [0.25, 0.3) is 0 Å². The molecule has 1 aromatic heterocycles. The molecule has 20 heavy (non-hydrogen) atoms. The molecule has 0 radical (unpaired) electrons. The highest BCUT2D eigenvalue weighted by molar-refractivity contribution is 7.07. The largest absolute Gasteiger partial charge is 0.325 e. The highest BCUT2D eigenvalue weighted by Crippen LogP contribution is 2.09. The van der Waals surface area contributed by atoms with E-state index in [2.05, 4.69) is 34.4 Å². The fourth-order valence-corrected chi connectivity index (χ4v) is 2.63. The standard InChI is InChI=1S/C16H20N2OS/c1-12-3-5-15(6-4-12)18-16(19)10-17-13(2)9-14-7-8-20-11-14/h3-8,11,13,17H,9-10H2,1-2H3,(H,18,19). The minimum Gasteiger partial charge on any atom is -0.325 e. The van der Waals surface area contributed by atoms with Gasteiger partial charge in [-0.3, -0.25) is 4.79 Å². The molecule has 0 fully saturated rings. The third-order valence-electron chi connectivity index (χ3n) is 3.07. The molecule has 1 amide bonds. The van der Waals surface area contributed by atoms with Crippen molar-refractivity contribution in [1.82, 2.24) is 5.32 Å². The fraction of sp³-hybridized carbons (Fsp3) is 0.312. The van der Waals surface area contributed by atoms with Gasteiger partial charge in [-0.25, -0.2) is 0 Å². The molecule has 0 saturated carbocycles. The van der Waals surface area contributed by atoms with Crippen molar-refractivity contribution in [3.63, 3.8) is 0 Å². The Balaban J connectivity index is 1.73. The molecule has 0 aliphatic rings. The van der Waals surface area contributed by atoms with Crippen LogP contribution < -0.4 is 10.6 Å². The molecule has 106 valence electrons. The molecule has 2 N–H and O–H groups in total. The van der Waals surface area contributed by atoms with E-state index in [9.17, 15) is 4.79 Å². The van der Waals surface area contributed by atoms with Crippen LogP contribution in [0.2, 0.25) is 0 Å². The van der Waals surface area contributed by atoms with Crippen LogP contribution in [0, 0.1) is 6.92 Å². The fourth-order valence-electron chi connectivity index (χ4n) is 1.94. The summed E-state index contributed by atoms with van der Waals surface area (Å²) in [5.41, 5.74) is 3.34. The number of amides is 1. The van der Waals surface area contributed by atoms with E-state index < -0.39 is 0 Å². The van der Waals surface area contributed by atoms with Crippen LogP contribution in [0.5, 0.6) is 0 Å². The summed E-state index contributed by atoms with van der Waals surface area (Å²) in [7, 11) is 0. The molecule has 0 bridgehead atoms. The van der Waals surface area contributed by atoms with Gasteiger partial charge in [0.15, 0.2) is 0 Å². The van der Waals surface area contributed by atoms with Gasteiger partial charge in [-0.15, -0.1) is 0 Å². The molecule has 0 aliphatic heterocycles. The van der Waals surface area contributed by atoms with Crippen LogP contribution in [-0.2, 0) is 11.2 Å². The van der Waals surface area contributed by atoms with Crippen molar-refractivity contribution in [3.05, 3.63) is 52.2 Å². The van der Waals surface area contributed by atoms with Crippen LogP contribution >= 0.6 is 11.3 Å². The molecule has 4 heteroatoms. The van der Waals surface area contributed by atoms with Crippen molar-refractivity contribution in [1.29, 1.82) is 0 Å². The topological polar surface area (TPSA) is 41.1 Å². The molecule has 1 atom stereocenters. The molecule has 2 aromatic rings. The Morgan fingerprint density at radius 2 is 2.00 bits per heavy atom. The first kappa shape index (κ1) is 14.8. The molecule has 1 aromatic carbocycles. The average molecular weight is 288 g/mol. The second-order valence-electron chi connectivity index (χ2n) is 5.03. The van der Waals surface area contributed by atoms with Gasteiger partial charge >= 0.3 is 0 Å². The van der Waals surface area contributed by atoms with E-state index >= 15 is 0 Å². The first-order chi connectivity index (χ1) is 9.63. The van der Waals surface area contributed by atoms with Crippen LogP contribution in [0.1, 0.15) is 18.1 Å². The van der Waals surface area contributed by atoms with Crippen LogP contribution in [0.3, 0.4) is 0 Å². The number of hydrogen-bond donors (Lipinski definition) is 2. The maximum atomic E-state index is 11.8. The maximum absolute atomic E-state index is 11.8. The van der Waals surface area contributed by atoms with Gasteiger partial charge in [0, 0.05) is 11.7 Å². The van der Waals surface area contributed by atoms with Crippen molar-refractivity contribution < 1.29 is 4.79 Å². The van der Waals surface area contributed by atoms with E-state index in [4.69, 9.17) is 0 Å². The van der Waals surface area contributed by atoms with Crippen LogP contribution in [0.25, 0.3) is 0 Å². The molecule has 0 spiro atoms. The third kappa shape index (κ3) is 4.79. The van der Waals surface area contributed by atoms with Crippen molar-refractivity contribution >= 4 is 22.9 Å². The second kappa shape index (κ2) is 7.22. The summed E-state index contributed by atoms with van der Waals surface area (Å²) in [6.45, 7) is 4.45. The van der Waals surface area contributed by atoms with Gasteiger partial charge < -0.3 is 10.6 Å². The zero-order valence-electron chi connectivity index (χ0n) is 11.8. The lowest BCUT2D eigenvalue weighted by Crippen LogP contribution is -2.35. The van der Waals surface area contributed by atoms with E-state index in [-0.39, 0.29) is 11.9 Å². The number of carbonyl (C=O) groups is 1. The molecule has 0 saturated heterocycles. The minimum absolute atomic E-state index is 0.00831. The summed E-state index contributed by atoms with van der Waals surface area (Å²) >= 11 is 1.70. The lowest BCUT2D eigenvalue weighted by atomic mass is 10.1. The zero-order chi connectivity index (χ0) is 14.4. The summed E-state index contributed by atoms with van der Waals surface area (Å²) in [5.74, 6) is -0.00831. The monoisotopic (exact) mass is 288 g/mol. The van der Waals surface area contributed by atoms with Crippen molar-refractivity contribution in [3.8, 4) is 0 Å². The smallest absolute Gasteiger partial charge is 0.238 e. The van der Waals surface area contributed by atoms with Gasteiger partial charge in [-0.2, -0.15) is 11.3 Å². The third-order valence-corrected chi connectivity index (χ3v) is 3.80. The SMILES string of the molecule is Cc1ccc(NC(=O)CNC(C)Cc2ccsc2)cc1. The zero-order valence-corrected chi connectivity index (χ0v) is 12.7. The Labute approximate surface area is 124 Å². The van der Waals surface area contributed by atoms with E-state index in [1.165, 1.54) is 11.1 Å². The molecule has 1 unspecified atom stereocenters. The van der Waals surface area contributed by atoms with E-state index in [0.29, 0.717) is 6.54 Å². The molecular formula is C16H20N2OS. The summed E-state index contributed by atoms with van der Waals surface area (Å²) in [6.07, 6.45) is 0.946. The molecule has 0 aliphatic carbocycles. The van der Waals surface area contributed by atoms with Gasteiger partial charge in [0.1, 0.15) is 0 Å². The highest BCUT2D eigenvalue weighted by Gasteiger charge is 2.07. The molecule has 2 rings (SSSR count). The summed E-state index contributed by atoms with van der Waals surface area (Å²) < 4.78 is 0. The van der Waals surface area contributed by atoms with Crippen molar-refractivity contribution in [2.24, 2.45) is 0 Å². The normalized spacial score (nSPS) is 12.1. The number of anilines is 1. The molecule has 1 heterocycles. The quantitative estimate of drug-likeness (QED) is 0.857. The average Bonchev–Trinajstić information content (AvgIpc) is 2.92. The van der Waals surface area contributed by atoms with E-state index in [0.717, 1.165) is 12.1 Å². The number of rotatable bonds is 6. The Hall–Kier alpha value is -1.65. The predicted octanol–water partition coefficient (Wildman–Crippen LogP) is 3.22. The number of benzene rings is 1. The lowest BCUT2D eigenvalue weighted by molar-refractivity contribution is -0.115. The van der Waals surface area contributed by atoms with Gasteiger partial charge in [0.05, 0.1) is 6.54 Å². The second-order valence-corrected chi connectivity index (χ2v) is 5.81. The van der Waals surface area contributed by atoms with Crippen LogP contribution in [0.4, 0.5) is 5.69 Å². The molecular weight excluding hydrogens is 268 g/mol. The summed E-state index contributed by atoms with van der Waals surface area (Å²) in [6, 6.07) is 10.2. The van der Waals surface area contributed by atoms with Gasteiger partial charge in [0.2, 0.25) is 5.91 Å². The Bertz CT molecular complexity index is 534. The maximum Gasteiger partial charge on any atom is 0.238 e. The number of hydrogen-bond acceptors (Lipinski definition) is 3. The van der Waals surface area contributed by atoms with Crippen molar-refractivity contribution in [2.45, 2.75) is 26.3 Å². The Kier molecular flexibility index (Phi) is 5.32. The van der Waals surface area contributed by atoms with Crippen LogP contribution in [0.15, 0.2) is 41.1 Å². The first-order valence-electron chi connectivity index (χ1n) is 6.74. The van der Waals surface area contributed by atoms with Gasteiger partial charge in [-0.05, 0) is 54.8 Å².